The zero-order valence-electron chi connectivity index (χ0n) is 23.0. The quantitative estimate of drug-likeness (QED) is 0.179. The molecular formula is C29H23Cl3F4N4O4. The number of aryl methyl sites for hydroxylation is 1. The number of nitrogens with two attached hydrogens (primary N) is 1. The van der Waals surface area contributed by atoms with Gasteiger partial charge in [0.05, 0.1) is 51.5 Å². The van der Waals surface area contributed by atoms with Gasteiger partial charge in [0.1, 0.15) is 17.3 Å². The molecule has 15 heteroatoms. The Labute approximate surface area is 263 Å². The van der Waals surface area contributed by atoms with Crippen molar-refractivity contribution >= 4 is 57.5 Å². The first-order valence-electron chi connectivity index (χ1n) is 12.8. The second kappa shape index (κ2) is 12.7. The van der Waals surface area contributed by atoms with Crippen LogP contribution in [0.2, 0.25) is 15.1 Å². The molecule has 1 atom stereocenters. The van der Waals surface area contributed by atoms with Gasteiger partial charge in [-0.15, -0.1) is 0 Å². The van der Waals surface area contributed by atoms with Gasteiger partial charge >= 0.3 is 6.18 Å². The number of rotatable bonds is 9. The van der Waals surface area contributed by atoms with E-state index in [4.69, 9.17) is 45.3 Å². The Hall–Kier alpha value is -3.71. The van der Waals surface area contributed by atoms with Crippen LogP contribution in [0.4, 0.5) is 17.6 Å². The van der Waals surface area contributed by atoms with E-state index in [1.54, 1.807) is 13.8 Å². The van der Waals surface area contributed by atoms with Crippen LogP contribution >= 0.6 is 34.8 Å². The Morgan fingerprint density at radius 3 is 2.34 bits per heavy atom. The minimum absolute atomic E-state index is 0.00291. The number of nitrogens with one attached hydrogen (secondary N) is 1. The molecule has 2 aromatic carbocycles. The lowest BCUT2D eigenvalue weighted by atomic mass is 9.93. The van der Waals surface area contributed by atoms with Gasteiger partial charge in [-0.05, 0) is 56.3 Å². The Kier molecular flexibility index (Phi) is 9.60. The average molecular weight is 674 g/mol. The Balaban J connectivity index is 1.82. The van der Waals surface area contributed by atoms with E-state index in [0.717, 1.165) is 18.2 Å². The molecule has 2 heterocycles. The standard InChI is InChI=1S/C29H23Cl3F4N4O4/c1-3-44-26-16(11-23(37)41)10-22(40-25(26)14-4-5-21(33)19(31)7-14)28(43,29(34,35)36)12-38-27(42)17-6-15-8-18(30)13(2)39-24(15)20(32)9-17/h4-10,43H,3,11-12H2,1-2H3,(H2,37,41)(H,38,42)/t28-/m0/s1. The molecule has 4 aromatic rings. The van der Waals surface area contributed by atoms with Crippen molar-refractivity contribution in [3.05, 3.63) is 85.9 Å². The van der Waals surface area contributed by atoms with E-state index in [1.807, 2.05) is 0 Å². The summed E-state index contributed by atoms with van der Waals surface area (Å²) in [5.41, 5.74) is 0.831. The number of aliphatic hydroxyl groups is 1. The summed E-state index contributed by atoms with van der Waals surface area (Å²) in [6.07, 6.45) is -6.00. The van der Waals surface area contributed by atoms with Gasteiger partial charge in [-0.1, -0.05) is 34.8 Å². The van der Waals surface area contributed by atoms with Crippen molar-refractivity contribution in [1.82, 2.24) is 15.3 Å². The van der Waals surface area contributed by atoms with Crippen LogP contribution in [0.15, 0.2) is 42.5 Å². The number of fused-ring (bicyclic) bond motifs is 1. The van der Waals surface area contributed by atoms with E-state index >= 15 is 0 Å². The number of carbonyl (C=O) groups is 2. The molecule has 4 rings (SSSR count). The maximum absolute atomic E-state index is 14.6. The highest BCUT2D eigenvalue weighted by atomic mass is 35.5. The first kappa shape index (κ1) is 33.2. The fourth-order valence-corrected chi connectivity index (χ4v) is 4.96. The molecule has 232 valence electrons. The number of hydrogen-bond donors (Lipinski definition) is 3. The monoisotopic (exact) mass is 672 g/mol. The van der Waals surface area contributed by atoms with Crippen LogP contribution in [-0.2, 0) is 16.8 Å². The molecule has 0 bridgehead atoms. The van der Waals surface area contributed by atoms with Gasteiger partial charge in [0.25, 0.3) is 5.91 Å². The van der Waals surface area contributed by atoms with Crippen LogP contribution in [0.25, 0.3) is 22.2 Å². The van der Waals surface area contributed by atoms with Crippen LogP contribution < -0.4 is 15.8 Å². The first-order chi connectivity index (χ1) is 20.5. The summed E-state index contributed by atoms with van der Waals surface area (Å²) in [5, 5.41) is 13.6. The van der Waals surface area contributed by atoms with Gasteiger partial charge < -0.3 is 20.9 Å². The summed E-state index contributed by atoms with van der Waals surface area (Å²) in [5.74, 6) is -2.87. The highest BCUT2D eigenvalue weighted by Crippen LogP contribution is 2.42. The summed E-state index contributed by atoms with van der Waals surface area (Å²) in [4.78, 5) is 33.2. The van der Waals surface area contributed by atoms with E-state index in [9.17, 15) is 32.3 Å². The van der Waals surface area contributed by atoms with Gasteiger partial charge in [0.2, 0.25) is 11.5 Å². The topological polar surface area (TPSA) is 127 Å². The van der Waals surface area contributed by atoms with Crippen molar-refractivity contribution in [2.45, 2.75) is 32.0 Å². The molecule has 0 fully saturated rings. The summed E-state index contributed by atoms with van der Waals surface area (Å²) in [7, 11) is 0. The minimum atomic E-state index is -5.40. The van der Waals surface area contributed by atoms with E-state index in [0.29, 0.717) is 16.6 Å². The molecule has 0 saturated carbocycles. The van der Waals surface area contributed by atoms with Crippen molar-refractivity contribution in [1.29, 1.82) is 0 Å². The highest BCUT2D eigenvalue weighted by molar-refractivity contribution is 6.36. The van der Waals surface area contributed by atoms with Crippen molar-refractivity contribution in [3.63, 3.8) is 0 Å². The lowest BCUT2D eigenvalue weighted by Crippen LogP contribution is -2.51. The van der Waals surface area contributed by atoms with Crippen LogP contribution in [0.5, 0.6) is 5.75 Å². The normalized spacial score (nSPS) is 13.0. The van der Waals surface area contributed by atoms with Gasteiger partial charge in [-0.3, -0.25) is 14.6 Å². The van der Waals surface area contributed by atoms with E-state index in [-0.39, 0.29) is 49.8 Å². The van der Waals surface area contributed by atoms with Crippen LogP contribution in [-0.4, -0.2) is 46.2 Å². The number of halogens is 7. The van der Waals surface area contributed by atoms with Crippen LogP contribution in [0, 0.1) is 12.7 Å². The maximum Gasteiger partial charge on any atom is 0.424 e. The largest absolute Gasteiger partial charge is 0.491 e. The molecule has 2 aromatic heterocycles. The number of amides is 2. The van der Waals surface area contributed by atoms with E-state index in [2.05, 4.69) is 15.3 Å². The molecule has 4 N–H and O–H groups in total. The third kappa shape index (κ3) is 6.68. The molecule has 8 nitrogen and oxygen atoms in total. The maximum atomic E-state index is 14.6. The number of ether oxygens (including phenoxy) is 1. The average Bonchev–Trinajstić information content (AvgIpc) is 2.94. The van der Waals surface area contributed by atoms with Crippen molar-refractivity contribution in [2.75, 3.05) is 13.2 Å². The molecule has 0 aliphatic carbocycles. The fourth-order valence-electron chi connectivity index (χ4n) is 4.35. The van der Waals surface area contributed by atoms with Crippen molar-refractivity contribution in [2.24, 2.45) is 5.73 Å². The van der Waals surface area contributed by atoms with Crippen molar-refractivity contribution < 1.29 is 37.0 Å². The summed E-state index contributed by atoms with van der Waals surface area (Å²) in [6, 6.07) is 8.10. The molecule has 0 radical (unpaired) electrons. The third-order valence-electron chi connectivity index (χ3n) is 6.56. The molecule has 0 unspecified atom stereocenters. The second-order valence-electron chi connectivity index (χ2n) is 9.68. The number of pyridine rings is 2. The number of benzene rings is 2. The van der Waals surface area contributed by atoms with Crippen LogP contribution in [0.1, 0.15) is 34.2 Å². The highest BCUT2D eigenvalue weighted by Gasteiger charge is 2.56. The Bertz CT molecular complexity index is 1790. The first-order valence-corrected chi connectivity index (χ1v) is 13.9. The van der Waals surface area contributed by atoms with Crippen LogP contribution in [0.3, 0.4) is 0 Å². The molecule has 2 amide bonds. The minimum Gasteiger partial charge on any atom is -0.491 e. The summed E-state index contributed by atoms with van der Waals surface area (Å²) in [6.45, 7) is 1.83. The van der Waals surface area contributed by atoms with Gasteiger partial charge in [-0.25, -0.2) is 9.37 Å². The Morgan fingerprint density at radius 2 is 1.73 bits per heavy atom. The number of alkyl halides is 3. The number of hydrogen-bond acceptors (Lipinski definition) is 6. The van der Waals surface area contributed by atoms with Gasteiger partial charge in [0.15, 0.2) is 0 Å². The molecule has 44 heavy (non-hydrogen) atoms. The summed E-state index contributed by atoms with van der Waals surface area (Å²) >= 11 is 18.3. The van der Waals surface area contributed by atoms with E-state index in [1.165, 1.54) is 24.3 Å². The van der Waals surface area contributed by atoms with E-state index < -0.39 is 48.1 Å². The smallest absolute Gasteiger partial charge is 0.424 e. The lowest BCUT2D eigenvalue weighted by Gasteiger charge is -2.31. The SMILES string of the molecule is CCOc1c(CC(N)=O)cc([C@@](O)(CNC(=O)c2cc(Cl)c3nc(C)c(Cl)cc3c2)C(F)(F)F)nc1-c1ccc(F)c(Cl)c1. The Morgan fingerprint density at radius 1 is 1.02 bits per heavy atom. The molecule has 0 spiro atoms. The molecule has 0 aliphatic rings. The molecular weight excluding hydrogens is 651 g/mol. The zero-order valence-corrected chi connectivity index (χ0v) is 25.2. The van der Waals surface area contributed by atoms with Gasteiger partial charge in [-0.2, -0.15) is 13.2 Å². The summed E-state index contributed by atoms with van der Waals surface area (Å²) < 4.78 is 63.3. The second-order valence-corrected chi connectivity index (χ2v) is 10.9. The fraction of sp³-hybridized carbons (Fsp3) is 0.241. The predicted octanol–water partition coefficient (Wildman–Crippen LogP) is 6.31. The number of primary amides is 1. The lowest BCUT2D eigenvalue weighted by molar-refractivity contribution is -0.265. The molecule has 0 saturated heterocycles. The third-order valence-corrected chi connectivity index (χ3v) is 7.52. The van der Waals surface area contributed by atoms with Gasteiger partial charge in [0, 0.05) is 22.1 Å². The van der Waals surface area contributed by atoms with Crippen molar-refractivity contribution in [3.8, 4) is 17.0 Å². The number of carbonyl (C=O) groups excluding carboxylic acids is 2. The zero-order chi connectivity index (χ0) is 32.6. The predicted molar refractivity (Wildman–Crippen MR) is 157 cm³/mol. The number of nitrogens with zero attached hydrogens (tertiary/aromatic N) is 2. The number of aromatic nitrogens is 2. The molecule has 0 aliphatic heterocycles.